The average Bonchev–Trinajstić information content (AvgIpc) is 3.03. The van der Waals surface area contributed by atoms with Crippen LogP contribution < -0.4 is 10.2 Å². The van der Waals surface area contributed by atoms with Crippen LogP contribution in [-0.2, 0) is 0 Å². The Morgan fingerprint density at radius 3 is 2.81 bits per heavy atom. The van der Waals surface area contributed by atoms with Crippen LogP contribution in [0.3, 0.4) is 0 Å². The predicted octanol–water partition coefficient (Wildman–Crippen LogP) is 1.50. The minimum Gasteiger partial charge on any atom is -0.355 e. The van der Waals surface area contributed by atoms with E-state index in [4.69, 9.17) is 4.98 Å². The Bertz CT molecular complexity index is 323. The van der Waals surface area contributed by atoms with Gasteiger partial charge in [0.15, 0.2) is 0 Å². The summed E-state index contributed by atoms with van der Waals surface area (Å²) in [5, 5.41) is 3.47. The molecule has 2 aliphatic heterocycles. The predicted molar refractivity (Wildman–Crippen MR) is 63.5 cm³/mol. The summed E-state index contributed by atoms with van der Waals surface area (Å²) >= 11 is 0. The molecule has 1 aromatic heterocycles. The third-order valence-electron chi connectivity index (χ3n) is 3.49. The van der Waals surface area contributed by atoms with Gasteiger partial charge in [0, 0.05) is 13.1 Å². The third-order valence-corrected chi connectivity index (χ3v) is 3.49. The largest absolute Gasteiger partial charge is 0.355 e. The summed E-state index contributed by atoms with van der Waals surface area (Å²) in [7, 11) is 0. The average molecular weight is 218 g/mol. The molecule has 4 heteroatoms. The molecular weight excluding hydrogens is 200 g/mol. The fraction of sp³-hybridized carbons (Fsp3) is 0.667. The van der Waals surface area contributed by atoms with Crippen molar-refractivity contribution in [1.29, 1.82) is 0 Å². The van der Waals surface area contributed by atoms with E-state index in [0.29, 0.717) is 6.04 Å². The Labute approximate surface area is 96.1 Å². The SMILES string of the molecule is c1ncc(N2CCCC2)nc1[C@@H]1CCCN1. The number of anilines is 1. The molecule has 0 unspecified atom stereocenters. The van der Waals surface area contributed by atoms with Crippen molar-refractivity contribution in [2.24, 2.45) is 0 Å². The molecule has 0 spiro atoms. The number of rotatable bonds is 2. The Hall–Kier alpha value is -1.16. The Balaban J connectivity index is 1.81. The molecule has 1 N–H and O–H groups in total. The van der Waals surface area contributed by atoms with Gasteiger partial charge in [-0.25, -0.2) is 4.98 Å². The van der Waals surface area contributed by atoms with Gasteiger partial charge in [0.05, 0.1) is 24.1 Å². The number of hydrogen-bond donors (Lipinski definition) is 1. The van der Waals surface area contributed by atoms with Crippen molar-refractivity contribution in [3.8, 4) is 0 Å². The molecule has 1 atom stereocenters. The topological polar surface area (TPSA) is 41.1 Å². The molecule has 2 saturated heterocycles. The van der Waals surface area contributed by atoms with Gasteiger partial charge in [0.2, 0.25) is 0 Å². The second kappa shape index (κ2) is 4.37. The van der Waals surface area contributed by atoms with Gasteiger partial charge in [-0.05, 0) is 32.2 Å². The number of aromatic nitrogens is 2. The molecule has 0 bridgehead atoms. The van der Waals surface area contributed by atoms with Crippen molar-refractivity contribution in [2.75, 3.05) is 24.5 Å². The highest BCUT2D eigenvalue weighted by molar-refractivity contribution is 5.37. The number of nitrogens with zero attached hydrogens (tertiary/aromatic N) is 3. The van der Waals surface area contributed by atoms with Gasteiger partial charge in [0.25, 0.3) is 0 Å². The highest BCUT2D eigenvalue weighted by atomic mass is 15.2. The van der Waals surface area contributed by atoms with Crippen LogP contribution in [0.5, 0.6) is 0 Å². The van der Waals surface area contributed by atoms with Gasteiger partial charge in [-0.15, -0.1) is 0 Å². The van der Waals surface area contributed by atoms with Crippen molar-refractivity contribution in [3.63, 3.8) is 0 Å². The first kappa shape index (κ1) is 10.0. The van der Waals surface area contributed by atoms with Crippen LogP contribution in [-0.4, -0.2) is 29.6 Å². The first-order valence-electron chi connectivity index (χ1n) is 6.24. The molecule has 0 aromatic carbocycles. The fourth-order valence-electron chi connectivity index (χ4n) is 2.57. The zero-order valence-electron chi connectivity index (χ0n) is 9.52. The zero-order chi connectivity index (χ0) is 10.8. The summed E-state index contributed by atoms with van der Waals surface area (Å²) in [6.07, 6.45) is 8.81. The van der Waals surface area contributed by atoms with E-state index in [1.54, 1.807) is 0 Å². The maximum Gasteiger partial charge on any atom is 0.147 e. The standard InChI is InChI=1S/C12H18N4/c1-2-7-16(6-1)12-9-13-8-11(15-12)10-4-3-5-14-10/h8-10,14H,1-7H2/t10-/m0/s1. The van der Waals surface area contributed by atoms with Gasteiger partial charge in [0.1, 0.15) is 5.82 Å². The molecule has 86 valence electrons. The molecule has 0 saturated carbocycles. The molecule has 4 nitrogen and oxygen atoms in total. The molecule has 0 radical (unpaired) electrons. The van der Waals surface area contributed by atoms with Crippen molar-refractivity contribution in [3.05, 3.63) is 18.1 Å². The van der Waals surface area contributed by atoms with E-state index in [0.717, 1.165) is 31.1 Å². The van der Waals surface area contributed by atoms with E-state index in [9.17, 15) is 0 Å². The summed E-state index contributed by atoms with van der Waals surface area (Å²) in [4.78, 5) is 11.4. The minimum absolute atomic E-state index is 0.426. The Morgan fingerprint density at radius 2 is 2.06 bits per heavy atom. The lowest BCUT2D eigenvalue weighted by atomic mass is 10.2. The van der Waals surface area contributed by atoms with Crippen molar-refractivity contribution < 1.29 is 0 Å². The van der Waals surface area contributed by atoms with Gasteiger partial charge in [-0.3, -0.25) is 4.98 Å². The lowest BCUT2D eigenvalue weighted by Crippen LogP contribution is -2.21. The maximum atomic E-state index is 4.74. The third kappa shape index (κ3) is 1.89. The van der Waals surface area contributed by atoms with Crippen LogP contribution >= 0.6 is 0 Å². The Kier molecular flexibility index (Phi) is 2.74. The van der Waals surface area contributed by atoms with Crippen LogP contribution in [0.4, 0.5) is 5.82 Å². The summed E-state index contributed by atoms with van der Waals surface area (Å²) in [6.45, 7) is 3.38. The maximum absolute atomic E-state index is 4.74. The van der Waals surface area contributed by atoms with Crippen LogP contribution in [0.25, 0.3) is 0 Å². The monoisotopic (exact) mass is 218 g/mol. The Morgan fingerprint density at radius 1 is 1.19 bits per heavy atom. The van der Waals surface area contributed by atoms with Crippen molar-refractivity contribution >= 4 is 5.82 Å². The molecule has 0 amide bonds. The van der Waals surface area contributed by atoms with E-state index in [1.807, 2.05) is 12.4 Å². The minimum atomic E-state index is 0.426. The highest BCUT2D eigenvalue weighted by Crippen LogP contribution is 2.23. The second-order valence-electron chi connectivity index (χ2n) is 4.65. The van der Waals surface area contributed by atoms with E-state index in [1.165, 1.54) is 25.7 Å². The molecule has 2 aliphatic rings. The smallest absolute Gasteiger partial charge is 0.147 e. The number of nitrogens with one attached hydrogen (secondary N) is 1. The summed E-state index contributed by atoms with van der Waals surface area (Å²) < 4.78 is 0. The zero-order valence-corrected chi connectivity index (χ0v) is 9.52. The van der Waals surface area contributed by atoms with Crippen molar-refractivity contribution in [2.45, 2.75) is 31.7 Å². The molecule has 2 fully saturated rings. The molecule has 3 rings (SSSR count). The molecular formula is C12H18N4. The number of hydrogen-bond acceptors (Lipinski definition) is 4. The normalized spacial score (nSPS) is 25.2. The molecule has 3 heterocycles. The second-order valence-corrected chi connectivity index (χ2v) is 4.65. The van der Waals surface area contributed by atoms with E-state index >= 15 is 0 Å². The molecule has 16 heavy (non-hydrogen) atoms. The quantitative estimate of drug-likeness (QED) is 0.816. The van der Waals surface area contributed by atoms with Gasteiger partial charge < -0.3 is 10.2 Å². The highest BCUT2D eigenvalue weighted by Gasteiger charge is 2.20. The van der Waals surface area contributed by atoms with Crippen molar-refractivity contribution in [1.82, 2.24) is 15.3 Å². The lowest BCUT2D eigenvalue weighted by Gasteiger charge is -2.17. The van der Waals surface area contributed by atoms with Crippen LogP contribution in [0.15, 0.2) is 12.4 Å². The van der Waals surface area contributed by atoms with Crippen LogP contribution in [0.1, 0.15) is 37.4 Å². The van der Waals surface area contributed by atoms with Gasteiger partial charge in [-0.1, -0.05) is 0 Å². The fourth-order valence-corrected chi connectivity index (χ4v) is 2.57. The van der Waals surface area contributed by atoms with E-state index in [-0.39, 0.29) is 0 Å². The molecule has 0 aliphatic carbocycles. The van der Waals surface area contributed by atoms with E-state index in [2.05, 4.69) is 15.2 Å². The van der Waals surface area contributed by atoms with Gasteiger partial charge >= 0.3 is 0 Å². The summed E-state index contributed by atoms with van der Waals surface area (Å²) in [5.41, 5.74) is 1.11. The first-order valence-corrected chi connectivity index (χ1v) is 6.24. The van der Waals surface area contributed by atoms with Crippen LogP contribution in [0, 0.1) is 0 Å². The first-order chi connectivity index (χ1) is 7.93. The van der Waals surface area contributed by atoms with Crippen LogP contribution in [0.2, 0.25) is 0 Å². The van der Waals surface area contributed by atoms with E-state index < -0.39 is 0 Å². The summed E-state index contributed by atoms with van der Waals surface area (Å²) in [6, 6.07) is 0.426. The summed E-state index contributed by atoms with van der Waals surface area (Å²) in [5.74, 6) is 1.06. The van der Waals surface area contributed by atoms with Gasteiger partial charge in [-0.2, -0.15) is 0 Å². The lowest BCUT2D eigenvalue weighted by molar-refractivity contribution is 0.623. The molecule has 1 aromatic rings.